The van der Waals surface area contributed by atoms with Gasteiger partial charge in [0.25, 0.3) is 0 Å². The molecule has 1 aliphatic heterocycles. The molecule has 1 aliphatic rings. The van der Waals surface area contributed by atoms with Gasteiger partial charge in [-0.25, -0.2) is 4.79 Å². The molecule has 0 spiro atoms. The van der Waals surface area contributed by atoms with Gasteiger partial charge >= 0.3 is 6.03 Å². The van der Waals surface area contributed by atoms with Crippen molar-refractivity contribution in [2.45, 2.75) is 12.3 Å². The minimum atomic E-state index is -0.147. The quantitative estimate of drug-likeness (QED) is 0.751. The summed E-state index contributed by atoms with van der Waals surface area (Å²) >= 11 is 14.0. The van der Waals surface area contributed by atoms with E-state index in [9.17, 15) is 4.79 Å². The number of amides is 2. The summed E-state index contributed by atoms with van der Waals surface area (Å²) in [7, 11) is 0. The van der Waals surface area contributed by atoms with Gasteiger partial charge in [-0.15, -0.1) is 11.8 Å². The van der Waals surface area contributed by atoms with Crippen LogP contribution in [0.2, 0.25) is 10.0 Å². The zero-order valence-electron chi connectivity index (χ0n) is 12.6. The van der Waals surface area contributed by atoms with Crippen molar-refractivity contribution in [3.05, 3.63) is 63.6 Å². The van der Waals surface area contributed by atoms with Crippen LogP contribution in [0.4, 0.5) is 10.5 Å². The van der Waals surface area contributed by atoms with Gasteiger partial charge in [-0.1, -0.05) is 41.4 Å². The summed E-state index contributed by atoms with van der Waals surface area (Å²) in [5, 5.41) is 4.10. The van der Waals surface area contributed by atoms with Crippen LogP contribution >= 0.6 is 35.0 Å². The molecule has 0 aliphatic carbocycles. The Hall–Kier alpha value is -1.36. The summed E-state index contributed by atoms with van der Waals surface area (Å²) in [6.07, 6.45) is 0. The van der Waals surface area contributed by atoms with Gasteiger partial charge in [-0.3, -0.25) is 0 Å². The molecule has 23 heavy (non-hydrogen) atoms. The lowest BCUT2D eigenvalue weighted by Crippen LogP contribution is -2.34. The van der Waals surface area contributed by atoms with Crippen LogP contribution in [0.1, 0.15) is 16.5 Å². The minimum Gasteiger partial charge on any atom is -0.308 e. The highest BCUT2D eigenvalue weighted by Crippen LogP contribution is 2.39. The summed E-state index contributed by atoms with van der Waals surface area (Å²) in [4.78, 5) is 14.4. The number of carbonyl (C=O) groups excluding carboxylic acids is 1. The molecule has 3 rings (SSSR count). The van der Waals surface area contributed by atoms with Crippen molar-refractivity contribution >= 4 is 46.7 Å². The molecule has 120 valence electrons. The number of benzene rings is 2. The molecule has 3 nitrogen and oxygen atoms in total. The van der Waals surface area contributed by atoms with E-state index >= 15 is 0 Å². The van der Waals surface area contributed by atoms with Crippen LogP contribution in [-0.2, 0) is 0 Å². The molecular formula is C17H16Cl2N2OS. The average molecular weight is 367 g/mol. The Morgan fingerprint density at radius 3 is 2.83 bits per heavy atom. The Labute approximate surface area is 150 Å². The summed E-state index contributed by atoms with van der Waals surface area (Å²) in [6.45, 7) is 2.65. The second kappa shape index (κ2) is 7.04. The predicted molar refractivity (Wildman–Crippen MR) is 98.6 cm³/mol. The molecule has 0 bridgehead atoms. The maximum absolute atomic E-state index is 12.6. The van der Waals surface area contributed by atoms with E-state index < -0.39 is 0 Å². The van der Waals surface area contributed by atoms with Gasteiger partial charge in [0.05, 0.1) is 10.7 Å². The monoisotopic (exact) mass is 366 g/mol. The Bertz CT molecular complexity index is 738. The molecule has 0 saturated carbocycles. The highest BCUT2D eigenvalue weighted by molar-refractivity contribution is 7.99. The van der Waals surface area contributed by atoms with Gasteiger partial charge in [0.2, 0.25) is 0 Å². The van der Waals surface area contributed by atoms with Gasteiger partial charge in [0.1, 0.15) is 5.37 Å². The Kier molecular flexibility index (Phi) is 5.05. The van der Waals surface area contributed by atoms with Crippen LogP contribution in [-0.4, -0.2) is 23.2 Å². The number of halogens is 2. The third-order valence-corrected chi connectivity index (χ3v) is 5.46. The number of carbonyl (C=O) groups is 1. The van der Waals surface area contributed by atoms with E-state index in [1.165, 1.54) is 0 Å². The molecule has 2 amide bonds. The van der Waals surface area contributed by atoms with E-state index in [4.69, 9.17) is 23.2 Å². The van der Waals surface area contributed by atoms with Crippen molar-refractivity contribution in [1.82, 2.24) is 4.90 Å². The van der Waals surface area contributed by atoms with Gasteiger partial charge < -0.3 is 10.2 Å². The predicted octanol–water partition coefficient (Wildman–Crippen LogP) is 5.58. The fourth-order valence-corrected chi connectivity index (χ4v) is 4.25. The van der Waals surface area contributed by atoms with Gasteiger partial charge in [-0.05, 0) is 42.3 Å². The number of thioether (sulfide) groups is 1. The summed E-state index contributed by atoms with van der Waals surface area (Å²) < 4.78 is 0. The first kappa shape index (κ1) is 16.5. The van der Waals surface area contributed by atoms with E-state index in [0.29, 0.717) is 22.3 Å². The van der Waals surface area contributed by atoms with Gasteiger partial charge in [0.15, 0.2) is 0 Å². The Morgan fingerprint density at radius 1 is 1.26 bits per heavy atom. The normalized spacial score (nSPS) is 17.3. The molecule has 0 aromatic heterocycles. The second-order valence-corrected chi connectivity index (χ2v) is 7.42. The highest BCUT2D eigenvalue weighted by atomic mass is 35.5. The number of anilines is 1. The fraction of sp³-hybridized carbons (Fsp3) is 0.235. The number of urea groups is 1. The first-order valence-electron chi connectivity index (χ1n) is 7.25. The second-order valence-electron chi connectivity index (χ2n) is 5.39. The SMILES string of the molecule is Cc1ccc(NC(=O)N2CCSC2c2cccc(Cl)c2)c(Cl)c1. The Morgan fingerprint density at radius 2 is 2.09 bits per heavy atom. The van der Waals surface area contributed by atoms with Crippen molar-refractivity contribution in [2.75, 3.05) is 17.6 Å². The van der Waals surface area contributed by atoms with Gasteiger partial charge in [0, 0.05) is 17.3 Å². The molecule has 1 fully saturated rings. The van der Waals surface area contributed by atoms with Crippen LogP contribution in [0, 0.1) is 6.92 Å². The number of rotatable bonds is 2. The van der Waals surface area contributed by atoms with Gasteiger partial charge in [-0.2, -0.15) is 0 Å². The van der Waals surface area contributed by atoms with Crippen LogP contribution in [0.5, 0.6) is 0 Å². The number of aryl methyl sites for hydroxylation is 1. The molecule has 2 aromatic carbocycles. The maximum Gasteiger partial charge on any atom is 0.323 e. The Balaban J connectivity index is 1.78. The standard InChI is InChI=1S/C17H16Cl2N2OS/c1-11-5-6-15(14(19)9-11)20-17(22)21-7-8-23-16(21)12-3-2-4-13(18)10-12/h2-6,9-10,16H,7-8H2,1H3,(H,20,22). The van der Waals surface area contributed by atoms with Crippen molar-refractivity contribution < 1.29 is 4.79 Å². The molecule has 2 aromatic rings. The van der Waals surface area contributed by atoms with Crippen molar-refractivity contribution in [3.8, 4) is 0 Å². The lowest BCUT2D eigenvalue weighted by molar-refractivity contribution is 0.214. The summed E-state index contributed by atoms with van der Waals surface area (Å²) in [5.74, 6) is 0.895. The molecule has 1 N–H and O–H groups in total. The van der Waals surface area contributed by atoms with E-state index in [1.807, 2.05) is 54.3 Å². The summed E-state index contributed by atoms with van der Waals surface area (Å²) in [6, 6.07) is 13.1. The summed E-state index contributed by atoms with van der Waals surface area (Å²) in [5.41, 5.74) is 2.72. The largest absolute Gasteiger partial charge is 0.323 e. The number of nitrogens with one attached hydrogen (secondary N) is 1. The van der Waals surface area contributed by atoms with Crippen molar-refractivity contribution in [2.24, 2.45) is 0 Å². The van der Waals surface area contributed by atoms with E-state index in [1.54, 1.807) is 11.8 Å². The smallest absolute Gasteiger partial charge is 0.308 e. The third kappa shape index (κ3) is 3.77. The number of hydrogen-bond donors (Lipinski definition) is 1. The molecule has 6 heteroatoms. The van der Waals surface area contributed by atoms with Crippen molar-refractivity contribution in [1.29, 1.82) is 0 Å². The zero-order valence-corrected chi connectivity index (χ0v) is 14.9. The number of hydrogen-bond acceptors (Lipinski definition) is 2. The maximum atomic E-state index is 12.6. The molecule has 1 atom stereocenters. The van der Waals surface area contributed by atoms with Crippen LogP contribution in [0.25, 0.3) is 0 Å². The minimum absolute atomic E-state index is 0.0297. The lowest BCUT2D eigenvalue weighted by atomic mass is 10.2. The number of nitrogens with zero attached hydrogens (tertiary/aromatic N) is 1. The highest BCUT2D eigenvalue weighted by Gasteiger charge is 2.31. The molecule has 1 heterocycles. The average Bonchev–Trinajstić information content (AvgIpc) is 2.99. The van der Waals surface area contributed by atoms with Crippen molar-refractivity contribution in [3.63, 3.8) is 0 Å². The third-order valence-electron chi connectivity index (χ3n) is 3.65. The first-order chi connectivity index (χ1) is 11.0. The fourth-order valence-electron chi connectivity index (χ4n) is 2.52. The molecule has 1 saturated heterocycles. The molecule has 1 unspecified atom stereocenters. The van der Waals surface area contributed by atoms with E-state index in [2.05, 4.69) is 5.32 Å². The van der Waals surface area contributed by atoms with E-state index in [-0.39, 0.29) is 11.4 Å². The molecule has 0 radical (unpaired) electrons. The van der Waals surface area contributed by atoms with Crippen LogP contribution in [0.3, 0.4) is 0 Å². The topological polar surface area (TPSA) is 32.3 Å². The lowest BCUT2D eigenvalue weighted by Gasteiger charge is -2.24. The van der Waals surface area contributed by atoms with Crippen LogP contribution in [0.15, 0.2) is 42.5 Å². The van der Waals surface area contributed by atoms with Crippen LogP contribution < -0.4 is 5.32 Å². The molecular weight excluding hydrogens is 351 g/mol. The zero-order chi connectivity index (χ0) is 16.4. The first-order valence-corrected chi connectivity index (χ1v) is 9.06. The van der Waals surface area contributed by atoms with E-state index in [0.717, 1.165) is 16.9 Å².